The molecule has 4 nitrogen and oxygen atoms in total. The number of likely N-dealkylation sites (N-methyl/N-ethyl adjacent to an activating group) is 1. The molecule has 0 aliphatic carbocycles. The number of rotatable bonds is 9. The fourth-order valence-electron chi connectivity index (χ4n) is 1.39. The standard InChI is InChI=1S/C12H26N2O2/c1-5-14(6-2)12(15)10-16-9-7-8-13-11(3)4/h11,13H,5-10H2,1-4H3. The number of amides is 1. The summed E-state index contributed by atoms with van der Waals surface area (Å²) in [5.41, 5.74) is 0. The Hall–Kier alpha value is -0.610. The lowest BCUT2D eigenvalue weighted by atomic mass is 10.3. The first-order valence-electron chi connectivity index (χ1n) is 6.20. The van der Waals surface area contributed by atoms with Crippen LogP contribution in [0.1, 0.15) is 34.1 Å². The Bertz CT molecular complexity index is 180. The first-order valence-corrected chi connectivity index (χ1v) is 6.20. The van der Waals surface area contributed by atoms with E-state index in [0.29, 0.717) is 12.6 Å². The van der Waals surface area contributed by atoms with Gasteiger partial charge in [-0.1, -0.05) is 13.8 Å². The van der Waals surface area contributed by atoms with Gasteiger partial charge in [0.2, 0.25) is 5.91 Å². The maximum absolute atomic E-state index is 11.5. The average molecular weight is 230 g/mol. The van der Waals surface area contributed by atoms with Crippen LogP contribution in [-0.2, 0) is 9.53 Å². The second-order valence-electron chi connectivity index (χ2n) is 4.08. The van der Waals surface area contributed by atoms with Gasteiger partial charge in [0, 0.05) is 25.7 Å². The molecule has 16 heavy (non-hydrogen) atoms. The quantitative estimate of drug-likeness (QED) is 0.606. The Labute approximate surface area is 99.3 Å². The van der Waals surface area contributed by atoms with Gasteiger partial charge in [0.25, 0.3) is 0 Å². The summed E-state index contributed by atoms with van der Waals surface area (Å²) in [4.78, 5) is 13.3. The SMILES string of the molecule is CCN(CC)C(=O)COCCCNC(C)C. The van der Waals surface area contributed by atoms with Gasteiger partial charge in [-0.25, -0.2) is 0 Å². The summed E-state index contributed by atoms with van der Waals surface area (Å²) in [6.07, 6.45) is 0.948. The average Bonchev–Trinajstić information content (AvgIpc) is 2.24. The molecule has 0 aromatic carbocycles. The first-order chi connectivity index (χ1) is 7.61. The molecule has 0 fully saturated rings. The topological polar surface area (TPSA) is 41.6 Å². The van der Waals surface area contributed by atoms with Gasteiger partial charge in [0.15, 0.2) is 0 Å². The van der Waals surface area contributed by atoms with E-state index < -0.39 is 0 Å². The number of nitrogens with one attached hydrogen (secondary N) is 1. The zero-order chi connectivity index (χ0) is 12.4. The maximum Gasteiger partial charge on any atom is 0.248 e. The summed E-state index contributed by atoms with van der Waals surface area (Å²) in [7, 11) is 0. The minimum atomic E-state index is 0.0850. The molecule has 4 heteroatoms. The van der Waals surface area contributed by atoms with Crippen LogP contribution in [0.2, 0.25) is 0 Å². The molecule has 0 radical (unpaired) electrons. The Morgan fingerprint density at radius 3 is 2.44 bits per heavy atom. The third-order valence-corrected chi connectivity index (χ3v) is 2.36. The molecule has 0 bridgehead atoms. The fourth-order valence-corrected chi connectivity index (χ4v) is 1.39. The smallest absolute Gasteiger partial charge is 0.248 e. The summed E-state index contributed by atoms with van der Waals surface area (Å²) in [5.74, 6) is 0.0850. The predicted octanol–water partition coefficient (Wildman–Crippen LogP) is 1.26. The van der Waals surface area contributed by atoms with E-state index >= 15 is 0 Å². The lowest BCUT2D eigenvalue weighted by Gasteiger charge is -2.18. The monoisotopic (exact) mass is 230 g/mol. The lowest BCUT2D eigenvalue weighted by Crippen LogP contribution is -2.33. The van der Waals surface area contributed by atoms with Crippen molar-refractivity contribution in [2.45, 2.75) is 40.2 Å². The van der Waals surface area contributed by atoms with Gasteiger partial charge in [-0.15, -0.1) is 0 Å². The molecule has 96 valence electrons. The summed E-state index contributed by atoms with van der Waals surface area (Å²) in [6.45, 7) is 11.5. The third-order valence-electron chi connectivity index (χ3n) is 2.36. The van der Waals surface area contributed by atoms with Gasteiger partial charge in [0.05, 0.1) is 0 Å². The van der Waals surface area contributed by atoms with Crippen molar-refractivity contribution in [2.24, 2.45) is 0 Å². The van der Waals surface area contributed by atoms with Crippen LogP contribution in [0, 0.1) is 0 Å². The largest absolute Gasteiger partial charge is 0.372 e. The van der Waals surface area contributed by atoms with Gasteiger partial charge >= 0.3 is 0 Å². The minimum absolute atomic E-state index is 0.0850. The van der Waals surface area contributed by atoms with Crippen molar-refractivity contribution in [3.63, 3.8) is 0 Å². The van der Waals surface area contributed by atoms with Crippen molar-refractivity contribution < 1.29 is 9.53 Å². The highest BCUT2D eigenvalue weighted by atomic mass is 16.5. The molecule has 0 aliphatic rings. The molecule has 0 rings (SSSR count). The van der Waals surface area contributed by atoms with Crippen molar-refractivity contribution in [2.75, 3.05) is 32.8 Å². The van der Waals surface area contributed by atoms with Crippen LogP contribution in [0.3, 0.4) is 0 Å². The molecular formula is C12H26N2O2. The molecule has 1 amide bonds. The predicted molar refractivity (Wildman–Crippen MR) is 66.5 cm³/mol. The van der Waals surface area contributed by atoms with Crippen LogP contribution in [0.4, 0.5) is 0 Å². The Morgan fingerprint density at radius 1 is 1.31 bits per heavy atom. The van der Waals surface area contributed by atoms with Gasteiger partial charge < -0.3 is 15.0 Å². The number of nitrogens with zero attached hydrogens (tertiary/aromatic N) is 1. The number of ether oxygens (including phenoxy) is 1. The third kappa shape index (κ3) is 7.65. The van der Waals surface area contributed by atoms with Crippen molar-refractivity contribution >= 4 is 5.91 Å². The molecule has 0 atom stereocenters. The molecule has 0 saturated carbocycles. The normalized spacial score (nSPS) is 10.8. The zero-order valence-electron chi connectivity index (χ0n) is 11.1. The lowest BCUT2D eigenvalue weighted by molar-refractivity contribution is -0.135. The number of carbonyl (C=O) groups is 1. The summed E-state index contributed by atoms with van der Waals surface area (Å²) < 4.78 is 5.33. The van der Waals surface area contributed by atoms with Gasteiger partial charge in [0.1, 0.15) is 6.61 Å². The van der Waals surface area contributed by atoms with Crippen LogP contribution >= 0.6 is 0 Å². The Morgan fingerprint density at radius 2 is 1.94 bits per heavy atom. The molecule has 0 aromatic rings. The molecule has 0 aromatic heterocycles. The van der Waals surface area contributed by atoms with Gasteiger partial charge in [-0.3, -0.25) is 4.79 Å². The summed E-state index contributed by atoms with van der Waals surface area (Å²) in [6, 6.07) is 0.511. The number of hydrogen-bond acceptors (Lipinski definition) is 3. The van der Waals surface area contributed by atoms with Crippen molar-refractivity contribution in [1.82, 2.24) is 10.2 Å². The highest BCUT2D eigenvalue weighted by Crippen LogP contribution is 1.91. The number of carbonyl (C=O) groups excluding carboxylic acids is 1. The van der Waals surface area contributed by atoms with Crippen molar-refractivity contribution in [3.05, 3.63) is 0 Å². The van der Waals surface area contributed by atoms with E-state index in [4.69, 9.17) is 4.74 Å². The van der Waals surface area contributed by atoms with E-state index in [1.807, 2.05) is 13.8 Å². The molecule has 0 saturated heterocycles. The maximum atomic E-state index is 11.5. The zero-order valence-corrected chi connectivity index (χ0v) is 11.1. The highest BCUT2D eigenvalue weighted by Gasteiger charge is 2.08. The van der Waals surface area contributed by atoms with E-state index in [2.05, 4.69) is 19.2 Å². The van der Waals surface area contributed by atoms with E-state index in [9.17, 15) is 4.79 Å². The van der Waals surface area contributed by atoms with Gasteiger partial charge in [-0.2, -0.15) is 0 Å². The molecule has 0 aliphatic heterocycles. The van der Waals surface area contributed by atoms with E-state index in [1.54, 1.807) is 4.90 Å². The summed E-state index contributed by atoms with van der Waals surface area (Å²) in [5, 5.41) is 3.30. The van der Waals surface area contributed by atoms with Crippen molar-refractivity contribution in [3.8, 4) is 0 Å². The molecule has 0 heterocycles. The van der Waals surface area contributed by atoms with Crippen molar-refractivity contribution in [1.29, 1.82) is 0 Å². The Balaban J connectivity index is 3.40. The van der Waals surface area contributed by atoms with Crippen LogP contribution < -0.4 is 5.32 Å². The highest BCUT2D eigenvalue weighted by molar-refractivity contribution is 5.77. The van der Waals surface area contributed by atoms with E-state index in [1.165, 1.54) is 0 Å². The van der Waals surface area contributed by atoms with Crippen LogP contribution in [0.15, 0.2) is 0 Å². The minimum Gasteiger partial charge on any atom is -0.372 e. The fraction of sp³-hybridized carbons (Fsp3) is 0.917. The van der Waals surface area contributed by atoms with Gasteiger partial charge in [-0.05, 0) is 26.8 Å². The van der Waals surface area contributed by atoms with E-state index in [-0.39, 0.29) is 12.5 Å². The second-order valence-corrected chi connectivity index (χ2v) is 4.08. The second kappa shape index (κ2) is 9.60. The van der Waals surface area contributed by atoms with Crippen LogP contribution in [-0.4, -0.2) is 49.7 Å². The molecular weight excluding hydrogens is 204 g/mol. The molecule has 0 spiro atoms. The summed E-state index contributed by atoms with van der Waals surface area (Å²) >= 11 is 0. The number of hydrogen-bond donors (Lipinski definition) is 1. The Kier molecular flexibility index (Phi) is 9.24. The molecule has 1 N–H and O–H groups in total. The molecule has 0 unspecified atom stereocenters. The van der Waals surface area contributed by atoms with Crippen LogP contribution in [0.5, 0.6) is 0 Å². The van der Waals surface area contributed by atoms with Crippen LogP contribution in [0.25, 0.3) is 0 Å². The first kappa shape index (κ1) is 15.4. The van der Waals surface area contributed by atoms with E-state index in [0.717, 1.165) is 26.1 Å².